The van der Waals surface area contributed by atoms with Gasteiger partial charge >= 0.3 is 6.03 Å². The summed E-state index contributed by atoms with van der Waals surface area (Å²) in [4.78, 5) is 11.2. The van der Waals surface area contributed by atoms with E-state index in [4.69, 9.17) is 5.73 Å². The number of nitrogens with two attached hydrogens (primary N) is 1. The van der Waals surface area contributed by atoms with E-state index < -0.39 is 0 Å². The van der Waals surface area contributed by atoms with Crippen LogP contribution < -0.4 is 5.73 Å². The molecule has 0 radical (unpaired) electrons. The summed E-state index contributed by atoms with van der Waals surface area (Å²) < 4.78 is 0. The van der Waals surface area contributed by atoms with Crippen LogP contribution in [0.4, 0.5) is 4.79 Å². The molecule has 0 spiro atoms. The van der Waals surface area contributed by atoms with Crippen molar-refractivity contribution >= 4 is 6.03 Å². The smallest absolute Gasteiger partial charge is 0.329 e. The highest BCUT2D eigenvalue weighted by Gasteiger charge is 2.20. The first-order valence-corrected chi connectivity index (χ1v) is 5.57. The van der Waals surface area contributed by atoms with Gasteiger partial charge in [0.05, 0.1) is 0 Å². The van der Waals surface area contributed by atoms with Gasteiger partial charge < -0.3 is 5.73 Å². The Morgan fingerprint density at radius 1 is 1.36 bits per heavy atom. The van der Waals surface area contributed by atoms with Gasteiger partial charge in [0.1, 0.15) is 0 Å². The van der Waals surface area contributed by atoms with Gasteiger partial charge in [0.15, 0.2) is 0 Å². The molecule has 1 heterocycles. The highest BCUT2D eigenvalue weighted by Crippen LogP contribution is 2.12. The quantitative estimate of drug-likeness (QED) is 0.747. The third kappa shape index (κ3) is 3.18. The third-order valence-electron chi connectivity index (χ3n) is 2.65. The molecule has 0 aromatic carbocycles. The molecular formula is C10H21N3O. The molecule has 82 valence electrons. The number of urea groups is 1. The lowest BCUT2D eigenvalue weighted by molar-refractivity contribution is 0.00104. The van der Waals surface area contributed by atoms with Gasteiger partial charge in [-0.25, -0.2) is 9.80 Å². The number of carbonyl (C=O) groups excluding carboxylic acids is 1. The van der Waals surface area contributed by atoms with E-state index in [-0.39, 0.29) is 6.03 Å². The minimum absolute atomic E-state index is 0.305. The second kappa shape index (κ2) is 5.86. The molecule has 1 aliphatic rings. The lowest BCUT2D eigenvalue weighted by atomic mass is 10.2. The predicted molar refractivity (Wildman–Crippen MR) is 56.6 cm³/mol. The van der Waals surface area contributed by atoms with E-state index in [1.165, 1.54) is 19.3 Å². The van der Waals surface area contributed by atoms with Crippen molar-refractivity contribution in [2.24, 2.45) is 5.73 Å². The topological polar surface area (TPSA) is 49.6 Å². The van der Waals surface area contributed by atoms with Gasteiger partial charge in [-0.1, -0.05) is 19.8 Å². The fraction of sp³-hybridized carbons (Fsp3) is 0.900. The van der Waals surface area contributed by atoms with Crippen LogP contribution in [0.1, 0.15) is 39.0 Å². The number of piperidine rings is 1. The van der Waals surface area contributed by atoms with Crippen molar-refractivity contribution in [1.82, 2.24) is 10.0 Å². The number of nitrogens with zero attached hydrogens (tertiary/aromatic N) is 2. The molecule has 2 amide bonds. The molecule has 0 atom stereocenters. The second-order valence-electron chi connectivity index (χ2n) is 3.83. The maximum atomic E-state index is 11.2. The summed E-state index contributed by atoms with van der Waals surface area (Å²) in [7, 11) is 0. The number of amides is 2. The molecule has 2 N–H and O–H groups in total. The molecule has 1 saturated heterocycles. The van der Waals surface area contributed by atoms with Crippen molar-refractivity contribution in [1.29, 1.82) is 0 Å². The predicted octanol–water partition coefficient (Wildman–Crippen LogP) is 1.57. The van der Waals surface area contributed by atoms with E-state index in [0.717, 1.165) is 32.5 Å². The number of hydrazine groups is 1. The number of hydrogen-bond donors (Lipinski definition) is 1. The molecule has 0 unspecified atom stereocenters. The van der Waals surface area contributed by atoms with Crippen LogP contribution in [0.3, 0.4) is 0 Å². The van der Waals surface area contributed by atoms with Crippen LogP contribution in [0.2, 0.25) is 0 Å². The molecule has 0 aliphatic carbocycles. The van der Waals surface area contributed by atoms with Crippen molar-refractivity contribution in [2.45, 2.75) is 39.0 Å². The van der Waals surface area contributed by atoms with E-state index in [1.54, 1.807) is 5.01 Å². The molecule has 0 bridgehead atoms. The highest BCUT2D eigenvalue weighted by atomic mass is 16.2. The summed E-state index contributed by atoms with van der Waals surface area (Å²) in [6.07, 6.45) is 5.75. The normalized spacial score (nSPS) is 18.1. The number of primary amides is 1. The summed E-state index contributed by atoms with van der Waals surface area (Å²) >= 11 is 0. The van der Waals surface area contributed by atoms with E-state index in [9.17, 15) is 4.79 Å². The Kier molecular flexibility index (Phi) is 4.73. The maximum Gasteiger partial charge on any atom is 0.329 e. The van der Waals surface area contributed by atoms with E-state index >= 15 is 0 Å². The first-order valence-electron chi connectivity index (χ1n) is 5.57. The van der Waals surface area contributed by atoms with E-state index in [2.05, 4.69) is 11.9 Å². The molecule has 1 fully saturated rings. The molecule has 0 saturated carbocycles. The fourth-order valence-corrected chi connectivity index (χ4v) is 1.82. The molecule has 1 aliphatic heterocycles. The van der Waals surface area contributed by atoms with Gasteiger partial charge in [0, 0.05) is 19.6 Å². The second-order valence-corrected chi connectivity index (χ2v) is 3.83. The Hall–Kier alpha value is -0.770. The minimum Gasteiger partial charge on any atom is -0.350 e. The fourth-order valence-electron chi connectivity index (χ4n) is 1.82. The standard InChI is InChI=1S/C10H21N3O/c1-2-3-9-13(10(11)14)12-7-5-4-6-8-12/h2-9H2,1H3,(H2,11,14). The maximum absolute atomic E-state index is 11.2. The zero-order valence-electron chi connectivity index (χ0n) is 9.04. The lowest BCUT2D eigenvalue weighted by Crippen LogP contribution is -2.51. The van der Waals surface area contributed by atoms with Crippen molar-refractivity contribution in [3.63, 3.8) is 0 Å². The SMILES string of the molecule is CCCCN(C(N)=O)N1CCCCC1. The van der Waals surface area contributed by atoms with Crippen LogP contribution in [0.5, 0.6) is 0 Å². The zero-order valence-corrected chi connectivity index (χ0v) is 9.04. The van der Waals surface area contributed by atoms with Crippen molar-refractivity contribution < 1.29 is 4.79 Å². The van der Waals surface area contributed by atoms with Crippen LogP contribution in [0.15, 0.2) is 0 Å². The monoisotopic (exact) mass is 199 g/mol. The van der Waals surface area contributed by atoms with Crippen LogP contribution >= 0.6 is 0 Å². The number of carbonyl (C=O) groups is 1. The van der Waals surface area contributed by atoms with Crippen LogP contribution in [-0.2, 0) is 0 Å². The average molecular weight is 199 g/mol. The Labute approximate surface area is 86.0 Å². The van der Waals surface area contributed by atoms with Crippen LogP contribution in [0, 0.1) is 0 Å². The van der Waals surface area contributed by atoms with Crippen molar-refractivity contribution in [3.8, 4) is 0 Å². The minimum atomic E-state index is -0.305. The summed E-state index contributed by atoms with van der Waals surface area (Å²) in [5, 5.41) is 3.81. The molecule has 0 aromatic heterocycles. The summed E-state index contributed by atoms with van der Waals surface area (Å²) in [6, 6.07) is -0.305. The van der Waals surface area contributed by atoms with Crippen LogP contribution in [0.25, 0.3) is 0 Å². The Bertz CT molecular complexity index is 178. The Morgan fingerprint density at radius 2 is 2.00 bits per heavy atom. The molecule has 14 heavy (non-hydrogen) atoms. The van der Waals surface area contributed by atoms with Gasteiger partial charge in [0.25, 0.3) is 0 Å². The third-order valence-corrected chi connectivity index (χ3v) is 2.65. The van der Waals surface area contributed by atoms with Gasteiger partial charge in [-0.05, 0) is 19.3 Å². The number of hydrogen-bond acceptors (Lipinski definition) is 2. The van der Waals surface area contributed by atoms with Gasteiger partial charge in [-0.2, -0.15) is 0 Å². The summed E-state index contributed by atoms with van der Waals surface area (Å²) in [6.45, 7) is 4.85. The number of unbranched alkanes of at least 4 members (excludes halogenated alkanes) is 1. The first kappa shape index (κ1) is 11.3. The summed E-state index contributed by atoms with van der Waals surface area (Å²) in [5.41, 5.74) is 5.35. The zero-order chi connectivity index (χ0) is 10.4. The van der Waals surface area contributed by atoms with E-state index in [1.807, 2.05) is 0 Å². The summed E-state index contributed by atoms with van der Waals surface area (Å²) in [5.74, 6) is 0. The van der Waals surface area contributed by atoms with Crippen molar-refractivity contribution in [2.75, 3.05) is 19.6 Å². The van der Waals surface area contributed by atoms with Crippen LogP contribution in [-0.4, -0.2) is 35.7 Å². The molecule has 1 rings (SSSR count). The Balaban J connectivity index is 2.43. The highest BCUT2D eigenvalue weighted by molar-refractivity contribution is 5.71. The van der Waals surface area contributed by atoms with Crippen molar-refractivity contribution in [3.05, 3.63) is 0 Å². The number of rotatable bonds is 4. The molecular weight excluding hydrogens is 178 g/mol. The van der Waals surface area contributed by atoms with Gasteiger partial charge in [-0.3, -0.25) is 5.01 Å². The Morgan fingerprint density at radius 3 is 2.50 bits per heavy atom. The average Bonchev–Trinajstić information content (AvgIpc) is 2.19. The van der Waals surface area contributed by atoms with Gasteiger partial charge in [-0.15, -0.1) is 0 Å². The first-order chi connectivity index (χ1) is 6.75. The molecule has 4 nitrogen and oxygen atoms in total. The van der Waals surface area contributed by atoms with Gasteiger partial charge in [0.2, 0.25) is 0 Å². The largest absolute Gasteiger partial charge is 0.350 e. The van der Waals surface area contributed by atoms with E-state index in [0.29, 0.717) is 0 Å². The molecule has 0 aromatic rings. The lowest BCUT2D eigenvalue weighted by Gasteiger charge is -2.36. The molecule has 4 heteroatoms.